The molecule has 0 radical (unpaired) electrons. The summed E-state index contributed by atoms with van der Waals surface area (Å²) in [5.41, 5.74) is 0.281. The van der Waals surface area contributed by atoms with Crippen molar-refractivity contribution < 1.29 is 9.13 Å². The number of nitrogens with zero attached hydrogens (tertiary/aromatic N) is 1. The van der Waals surface area contributed by atoms with Crippen molar-refractivity contribution in [1.29, 1.82) is 5.26 Å². The van der Waals surface area contributed by atoms with Crippen LogP contribution in [0.1, 0.15) is 18.4 Å². The van der Waals surface area contributed by atoms with E-state index < -0.39 is 5.82 Å². The highest BCUT2D eigenvalue weighted by molar-refractivity contribution is 5.35. The number of unbranched alkanes of at least 4 members (excludes halogenated alkanes) is 1. The summed E-state index contributed by atoms with van der Waals surface area (Å²) in [7, 11) is 0. The van der Waals surface area contributed by atoms with Crippen LogP contribution in [0.3, 0.4) is 0 Å². The van der Waals surface area contributed by atoms with Gasteiger partial charge in [0, 0.05) is 6.42 Å². The van der Waals surface area contributed by atoms with E-state index in [9.17, 15) is 4.39 Å². The molecule has 0 heterocycles. The summed E-state index contributed by atoms with van der Waals surface area (Å²) in [5.74, 6) is 2.11. The lowest BCUT2D eigenvalue weighted by molar-refractivity contribution is 0.297. The topological polar surface area (TPSA) is 33.0 Å². The Morgan fingerprint density at radius 1 is 1.47 bits per heavy atom. The standard InChI is InChI=1S/C12H10FNO/c1-2-3-4-7-15-12-6-5-10(9-14)8-11(12)13/h1,5-6,8H,3-4,7H2. The van der Waals surface area contributed by atoms with E-state index in [4.69, 9.17) is 16.4 Å². The summed E-state index contributed by atoms with van der Waals surface area (Å²) in [6.45, 7) is 0.382. The third kappa shape index (κ3) is 3.32. The van der Waals surface area contributed by atoms with Gasteiger partial charge in [-0.1, -0.05) is 0 Å². The smallest absolute Gasteiger partial charge is 0.166 e. The SMILES string of the molecule is C#CCCCOc1ccc(C#N)cc1F. The van der Waals surface area contributed by atoms with Crippen LogP contribution in [-0.2, 0) is 0 Å². The third-order valence-electron chi connectivity index (χ3n) is 1.78. The predicted molar refractivity (Wildman–Crippen MR) is 54.7 cm³/mol. The van der Waals surface area contributed by atoms with Crippen LogP contribution in [0.25, 0.3) is 0 Å². The van der Waals surface area contributed by atoms with Gasteiger partial charge < -0.3 is 4.74 Å². The molecular weight excluding hydrogens is 193 g/mol. The Bertz CT molecular complexity index is 415. The van der Waals surface area contributed by atoms with Crippen molar-refractivity contribution in [2.24, 2.45) is 0 Å². The molecule has 1 aromatic carbocycles. The number of ether oxygens (including phenoxy) is 1. The molecule has 0 saturated carbocycles. The fraction of sp³-hybridized carbons (Fsp3) is 0.250. The number of hydrogen-bond acceptors (Lipinski definition) is 2. The van der Waals surface area contributed by atoms with Crippen LogP contribution in [0.2, 0.25) is 0 Å². The van der Waals surface area contributed by atoms with E-state index in [1.54, 1.807) is 0 Å². The second-order valence-electron chi connectivity index (χ2n) is 2.91. The number of hydrogen-bond donors (Lipinski definition) is 0. The van der Waals surface area contributed by atoms with Crippen LogP contribution in [0, 0.1) is 29.5 Å². The molecule has 0 amide bonds. The predicted octanol–water partition coefficient (Wildman–Crippen LogP) is 2.49. The first kappa shape index (κ1) is 11.1. The molecule has 76 valence electrons. The molecule has 15 heavy (non-hydrogen) atoms. The van der Waals surface area contributed by atoms with Gasteiger partial charge in [0.1, 0.15) is 0 Å². The Labute approximate surface area is 88.3 Å². The Morgan fingerprint density at radius 3 is 2.87 bits per heavy atom. The summed E-state index contributed by atoms with van der Waals surface area (Å²) in [4.78, 5) is 0. The van der Waals surface area contributed by atoms with Crippen molar-refractivity contribution in [2.45, 2.75) is 12.8 Å². The maximum atomic E-state index is 13.2. The summed E-state index contributed by atoms with van der Waals surface area (Å²) in [6, 6.07) is 5.96. The average molecular weight is 203 g/mol. The fourth-order valence-electron chi connectivity index (χ4n) is 1.04. The van der Waals surface area contributed by atoms with E-state index in [0.717, 1.165) is 6.07 Å². The van der Waals surface area contributed by atoms with Gasteiger partial charge in [0.2, 0.25) is 0 Å². The van der Waals surface area contributed by atoms with Crippen molar-refractivity contribution in [3.63, 3.8) is 0 Å². The molecule has 0 aromatic heterocycles. The molecule has 1 aromatic rings. The molecular formula is C12H10FNO. The van der Waals surface area contributed by atoms with Crippen LogP contribution >= 0.6 is 0 Å². The molecule has 0 saturated heterocycles. The monoisotopic (exact) mass is 203 g/mol. The Kier molecular flexibility index (Phi) is 4.19. The molecule has 0 N–H and O–H groups in total. The van der Waals surface area contributed by atoms with E-state index in [1.165, 1.54) is 12.1 Å². The van der Waals surface area contributed by atoms with Crippen molar-refractivity contribution in [3.05, 3.63) is 29.6 Å². The molecule has 0 spiro atoms. The first-order valence-corrected chi connectivity index (χ1v) is 4.54. The molecule has 2 nitrogen and oxygen atoms in total. The minimum absolute atomic E-state index is 0.158. The van der Waals surface area contributed by atoms with Crippen LogP contribution in [-0.4, -0.2) is 6.61 Å². The second kappa shape index (κ2) is 5.67. The van der Waals surface area contributed by atoms with Gasteiger partial charge in [-0.05, 0) is 24.6 Å². The summed E-state index contributed by atoms with van der Waals surface area (Å²) >= 11 is 0. The van der Waals surface area contributed by atoms with Gasteiger partial charge in [0.25, 0.3) is 0 Å². The van der Waals surface area contributed by atoms with E-state index >= 15 is 0 Å². The zero-order chi connectivity index (χ0) is 11.1. The van der Waals surface area contributed by atoms with E-state index in [0.29, 0.717) is 19.4 Å². The molecule has 0 fully saturated rings. The van der Waals surface area contributed by atoms with Crippen molar-refractivity contribution in [3.8, 4) is 24.2 Å². The van der Waals surface area contributed by atoms with E-state index in [2.05, 4.69) is 5.92 Å². The van der Waals surface area contributed by atoms with Gasteiger partial charge in [-0.2, -0.15) is 5.26 Å². The highest BCUT2D eigenvalue weighted by Gasteiger charge is 2.03. The highest BCUT2D eigenvalue weighted by Crippen LogP contribution is 2.18. The number of halogens is 1. The fourth-order valence-corrected chi connectivity index (χ4v) is 1.04. The molecule has 0 bridgehead atoms. The van der Waals surface area contributed by atoms with Gasteiger partial charge in [-0.3, -0.25) is 0 Å². The van der Waals surface area contributed by atoms with Crippen molar-refractivity contribution in [2.75, 3.05) is 6.61 Å². The largest absolute Gasteiger partial charge is 0.490 e. The second-order valence-corrected chi connectivity index (χ2v) is 2.91. The normalized spacial score (nSPS) is 9.00. The Morgan fingerprint density at radius 2 is 2.27 bits per heavy atom. The summed E-state index contributed by atoms with van der Waals surface area (Å²) < 4.78 is 18.4. The van der Waals surface area contributed by atoms with Gasteiger partial charge >= 0.3 is 0 Å². The quantitative estimate of drug-likeness (QED) is 0.556. The lowest BCUT2D eigenvalue weighted by Crippen LogP contribution is -1.98. The minimum atomic E-state index is -0.519. The Hall–Kier alpha value is -2.00. The maximum absolute atomic E-state index is 13.2. The van der Waals surface area contributed by atoms with E-state index in [1.807, 2.05) is 6.07 Å². The molecule has 1 rings (SSSR count). The van der Waals surface area contributed by atoms with Crippen LogP contribution in [0.5, 0.6) is 5.75 Å². The van der Waals surface area contributed by atoms with Gasteiger partial charge in [-0.15, -0.1) is 12.3 Å². The Balaban J connectivity index is 2.56. The molecule has 0 aliphatic carbocycles. The van der Waals surface area contributed by atoms with Crippen LogP contribution in [0.4, 0.5) is 4.39 Å². The average Bonchev–Trinajstić information content (AvgIpc) is 2.26. The van der Waals surface area contributed by atoms with Crippen molar-refractivity contribution in [1.82, 2.24) is 0 Å². The summed E-state index contributed by atoms with van der Waals surface area (Å²) in [5, 5.41) is 8.52. The first-order valence-electron chi connectivity index (χ1n) is 4.54. The lowest BCUT2D eigenvalue weighted by atomic mass is 10.2. The zero-order valence-electron chi connectivity index (χ0n) is 8.16. The molecule has 0 atom stereocenters. The molecule has 3 heteroatoms. The zero-order valence-corrected chi connectivity index (χ0v) is 8.16. The van der Waals surface area contributed by atoms with Crippen molar-refractivity contribution >= 4 is 0 Å². The highest BCUT2D eigenvalue weighted by atomic mass is 19.1. The molecule has 0 unspecified atom stereocenters. The lowest BCUT2D eigenvalue weighted by Gasteiger charge is -2.05. The van der Waals surface area contributed by atoms with Crippen LogP contribution < -0.4 is 4.74 Å². The van der Waals surface area contributed by atoms with E-state index in [-0.39, 0.29) is 11.3 Å². The molecule has 0 aliphatic rings. The number of benzene rings is 1. The van der Waals surface area contributed by atoms with Crippen LogP contribution in [0.15, 0.2) is 18.2 Å². The summed E-state index contributed by atoms with van der Waals surface area (Å²) in [6.07, 6.45) is 6.36. The third-order valence-corrected chi connectivity index (χ3v) is 1.78. The van der Waals surface area contributed by atoms with Gasteiger partial charge in [-0.25, -0.2) is 4.39 Å². The minimum Gasteiger partial charge on any atom is -0.490 e. The van der Waals surface area contributed by atoms with Gasteiger partial charge in [0.15, 0.2) is 11.6 Å². The van der Waals surface area contributed by atoms with Gasteiger partial charge in [0.05, 0.1) is 18.2 Å². The number of nitriles is 1. The number of terminal acetylenes is 1. The molecule has 0 aliphatic heterocycles. The number of rotatable bonds is 4. The maximum Gasteiger partial charge on any atom is 0.166 e. The first-order chi connectivity index (χ1) is 7.27.